The minimum absolute atomic E-state index is 0.0987. The second kappa shape index (κ2) is 10.0. The molecule has 0 bridgehead atoms. The molecule has 0 saturated heterocycles. The highest BCUT2D eigenvalue weighted by atomic mass is 19.3. The largest absolute Gasteiger partial charge is 0.455 e. The van der Waals surface area contributed by atoms with Gasteiger partial charge in [0.1, 0.15) is 11.5 Å². The lowest BCUT2D eigenvalue weighted by Crippen LogP contribution is -2.33. The molecule has 0 spiro atoms. The van der Waals surface area contributed by atoms with Gasteiger partial charge in [0.15, 0.2) is 5.75 Å². The van der Waals surface area contributed by atoms with Crippen LogP contribution in [0.5, 0.6) is 17.2 Å². The van der Waals surface area contributed by atoms with Gasteiger partial charge in [-0.15, -0.1) is 0 Å². The first-order valence-electron chi connectivity index (χ1n) is 8.97. The van der Waals surface area contributed by atoms with E-state index in [1.807, 2.05) is 18.2 Å². The van der Waals surface area contributed by atoms with E-state index in [9.17, 15) is 18.4 Å². The molecule has 0 aliphatic rings. The molecule has 8 heteroatoms. The number of ether oxygens (including phenoxy) is 2. The highest BCUT2D eigenvalue weighted by Gasteiger charge is 2.16. The number of halogens is 2. The number of hydrogen-bond acceptors (Lipinski definition) is 4. The molecule has 30 heavy (non-hydrogen) atoms. The quantitative estimate of drug-likeness (QED) is 0.573. The van der Waals surface area contributed by atoms with E-state index in [1.165, 1.54) is 24.3 Å². The lowest BCUT2D eigenvalue weighted by atomic mass is 10.2. The van der Waals surface area contributed by atoms with Crippen LogP contribution in [0.3, 0.4) is 0 Å². The number of benzene rings is 3. The van der Waals surface area contributed by atoms with Crippen molar-refractivity contribution in [2.75, 3.05) is 11.9 Å². The van der Waals surface area contributed by atoms with Crippen molar-refractivity contribution in [2.45, 2.75) is 6.61 Å². The fourth-order valence-electron chi connectivity index (χ4n) is 2.58. The number of carbonyl (C=O) groups excluding carboxylic acids is 2. The van der Waals surface area contributed by atoms with E-state index < -0.39 is 18.4 Å². The Kier molecular flexibility index (Phi) is 6.94. The van der Waals surface area contributed by atoms with Crippen LogP contribution in [-0.4, -0.2) is 25.0 Å². The predicted molar refractivity (Wildman–Crippen MR) is 107 cm³/mol. The fraction of sp³-hybridized carbons (Fsp3) is 0.0909. The summed E-state index contributed by atoms with van der Waals surface area (Å²) in [6, 6.07) is 21.4. The first-order valence-corrected chi connectivity index (χ1v) is 8.97. The molecule has 0 unspecified atom stereocenters. The Labute approximate surface area is 171 Å². The van der Waals surface area contributed by atoms with Crippen LogP contribution in [0.15, 0.2) is 78.9 Å². The van der Waals surface area contributed by atoms with Crippen molar-refractivity contribution >= 4 is 17.5 Å². The van der Waals surface area contributed by atoms with Gasteiger partial charge >= 0.3 is 6.61 Å². The smallest absolute Gasteiger partial charge is 0.387 e. The summed E-state index contributed by atoms with van der Waals surface area (Å²) in [6.45, 7) is -3.44. The average Bonchev–Trinajstić information content (AvgIpc) is 2.74. The molecular formula is C22H18F2N2O4. The van der Waals surface area contributed by atoms with Crippen LogP contribution >= 0.6 is 0 Å². The maximum absolute atomic E-state index is 12.5. The van der Waals surface area contributed by atoms with Crippen molar-refractivity contribution in [3.63, 3.8) is 0 Å². The van der Waals surface area contributed by atoms with E-state index >= 15 is 0 Å². The van der Waals surface area contributed by atoms with Crippen molar-refractivity contribution in [1.82, 2.24) is 5.32 Å². The molecule has 0 aromatic heterocycles. The Balaban J connectivity index is 1.61. The zero-order valence-electron chi connectivity index (χ0n) is 15.7. The van der Waals surface area contributed by atoms with E-state index in [-0.39, 0.29) is 17.9 Å². The molecule has 154 valence electrons. The number of alkyl halides is 2. The second-order valence-electron chi connectivity index (χ2n) is 6.02. The molecule has 6 nitrogen and oxygen atoms in total. The lowest BCUT2D eigenvalue weighted by molar-refractivity contribution is -0.115. The van der Waals surface area contributed by atoms with Crippen molar-refractivity contribution in [3.05, 3.63) is 84.4 Å². The van der Waals surface area contributed by atoms with Crippen molar-refractivity contribution in [1.29, 1.82) is 0 Å². The van der Waals surface area contributed by atoms with Crippen LogP contribution in [-0.2, 0) is 4.79 Å². The minimum atomic E-state index is -3.07. The van der Waals surface area contributed by atoms with Gasteiger partial charge in [-0.05, 0) is 36.4 Å². The highest BCUT2D eigenvalue weighted by Crippen LogP contribution is 2.29. The van der Waals surface area contributed by atoms with Gasteiger partial charge in [0.25, 0.3) is 5.91 Å². The maximum atomic E-state index is 12.5. The molecule has 0 saturated carbocycles. The third kappa shape index (κ3) is 5.78. The number of rotatable bonds is 8. The zero-order valence-corrected chi connectivity index (χ0v) is 15.7. The summed E-state index contributed by atoms with van der Waals surface area (Å²) in [5.41, 5.74) is 0.320. The van der Waals surface area contributed by atoms with Crippen LogP contribution in [0.4, 0.5) is 14.5 Å². The maximum Gasteiger partial charge on any atom is 0.387 e. The van der Waals surface area contributed by atoms with Crippen LogP contribution < -0.4 is 20.1 Å². The van der Waals surface area contributed by atoms with Gasteiger partial charge in [-0.3, -0.25) is 9.59 Å². The monoisotopic (exact) mass is 412 g/mol. The Morgan fingerprint density at radius 2 is 1.47 bits per heavy atom. The van der Waals surface area contributed by atoms with E-state index in [2.05, 4.69) is 15.4 Å². The first kappa shape index (κ1) is 20.8. The first-order chi connectivity index (χ1) is 14.5. The van der Waals surface area contributed by atoms with Gasteiger partial charge < -0.3 is 20.1 Å². The Hall–Kier alpha value is -3.94. The van der Waals surface area contributed by atoms with Gasteiger partial charge in [0, 0.05) is 0 Å². The van der Waals surface area contributed by atoms with Crippen LogP contribution in [0.2, 0.25) is 0 Å². The Morgan fingerprint density at radius 1 is 0.833 bits per heavy atom. The van der Waals surface area contributed by atoms with E-state index in [0.29, 0.717) is 17.2 Å². The SMILES string of the molecule is O=C(CNC(=O)c1ccccc1OC(F)F)Nc1ccccc1Oc1ccccc1. The standard InChI is InChI=1S/C22H18F2N2O4/c23-22(24)30-18-12-6-4-10-16(18)21(28)25-14-20(27)26-17-11-5-7-13-19(17)29-15-8-2-1-3-9-15/h1-13,22H,14H2,(H,25,28)(H,26,27). The fourth-order valence-corrected chi connectivity index (χ4v) is 2.58. The van der Waals surface area contributed by atoms with Gasteiger partial charge in [-0.1, -0.05) is 42.5 Å². The van der Waals surface area contributed by atoms with Gasteiger partial charge in [-0.2, -0.15) is 8.78 Å². The second-order valence-corrected chi connectivity index (χ2v) is 6.02. The molecule has 3 aromatic carbocycles. The molecule has 0 heterocycles. The number of carbonyl (C=O) groups is 2. The summed E-state index contributed by atoms with van der Waals surface area (Å²) in [7, 11) is 0. The average molecular weight is 412 g/mol. The minimum Gasteiger partial charge on any atom is -0.455 e. The normalized spacial score (nSPS) is 10.4. The molecular weight excluding hydrogens is 394 g/mol. The number of nitrogens with one attached hydrogen (secondary N) is 2. The van der Waals surface area contributed by atoms with Crippen molar-refractivity contribution < 1.29 is 27.8 Å². The Bertz CT molecular complexity index is 1010. The van der Waals surface area contributed by atoms with Crippen molar-refractivity contribution in [2.24, 2.45) is 0 Å². The third-order valence-corrected chi connectivity index (χ3v) is 3.89. The van der Waals surface area contributed by atoms with Gasteiger partial charge in [0.2, 0.25) is 5.91 Å². The molecule has 0 atom stereocenters. The number of anilines is 1. The van der Waals surface area contributed by atoms with Crippen LogP contribution in [0.25, 0.3) is 0 Å². The molecule has 2 amide bonds. The number of hydrogen-bond donors (Lipinski definition) is 2. The van der Waals surface area contributed by atoms with Gasteiger partial charge in [0.05, 0.1) is 17.8 Å². The summed E-state index contributed by atoms with van der Waals surface area (Å²) < 4.78 is 35.1. The molecule has 0 aliphatic carbocycles. The highest BCUT2D eigenvalue weighted by molar-refractivity contribution is 6.01. The number of para-hydroxylation sites is 4. The lowest BCUT2D eigenvalue weighted by Gasteiger charge is -2.13. The molecule has 2 N–H and O–H groups in total. The van der Waals surface area contributed by atoms with Crippen molar-refractivity contribution in [3.8, 4) is 17.2 Å². The van der Waals surface area contributed by atoms with E-state index in [4.69, 9.17) is 4.74 Å². The summed E-state index contributed by atoms with van der Waals surface area (Å²) in [5, 5.41) is 5.04. The van der Waals surface area contributed by atoms with E-state index in [1.54, 1.807) is 36.4 Å². The molecule has 0 fully saturated rings. The van der Waals surface area contributed by atoms with Crippen LogP contribution in [0.1, 0.15) is 10.4 Å². The summed E-state index contributed by atoms with van der Waals surface area (Å²) in [6.07, 6.45) is 0. The summed E-state index contributed by atoms with van der Waals surface area (Å²) in [5.74, 6) is -0.468. The van der Waals surface area contributed by atoms with E-state index in [0.717, 1.165) is 0 Å². The third-order valence-electron chi connectivity index (χ3n) is 3.89. The Morgan fingerprint density at radius 3 is 2.20 bits per heavy atom. The number of amides is 2. The topological polar surface area (TPSA) is 76.7 Å². The molecule has 0 aliphatic heterocycles. The summed E-state index contributed by atoms with van der Waals surface area (Å²) >= 11 is 0. The molecule has 3 rings (SSSR count). The summed E-state index contributed by atoms with van der Waals surface area (Å²) in [4.78, 5) is 24.6. The predicted octanol–water partition coefficient (Wildman–Crippen LogP) is 4.45. The van der Waals surface area contributed by atoms with Crippen LogP contribution in [0, 0.1) is 0 Å². The zero-order chi connectivity index (χ0) is 21.3. The van der Waals surface area contributed by atoms with Gasteiger partial charge in [-0.25, -0.2) is 0 Å². The molecule has 0 radical (unpaired) electrons. The molecule has 3 aromatic rings.